The SMILES string of the molecule is C=C(C)C(=O)OC(C)OP(=O)(O)OCCBr. The van der Waals surface area contributed by atoms with E-state index in [2.05, 4.69) is 36.3 Å². The van der Waals surface area contributed by atoms with Crippen LogP contribution in [0.5, 0.6) is 0 Å². The molecule has 0 bridgehead atoms. The predicted octanol–water partition coefficient (Wildman–Crippen LogP) is 1.98. The van der Waals surface area contributed by atoms with E-state index in [9.17, 15) is 9.36 Å². The number of rotatable bonds is 7. The molecule has 0 amide bonds. The highest BCUT2D eigenvalue weighted by Crippen LogP contribution is 2.44. The first-order valence-electron chi connectivity index (χ1n) is 4.36. The summed E-state index contributed by atoms with van der Waals surface area (Å²) in [6.45, 7) is 6.12. The van der Waals surface area contributed by atoms with Crippen molar-refractivity contribution < 1.29 is 28.0 Å². The van der Waals surface area contributed by atoms with Crippen molar-refractivity contribution in [1.82, 2.24) is 0 Å². The largest absolute Gasteiger partial charge is 0.475 e. The maximum Gasteiger partial charge on any atom is 0.475 e. The van der Waals surface area contributed by atoms with Gasteiger partial charge in [-0.15, -0.1) is 0 Å². The molecule has 0 saturated carbocycles. The topological polar surface area (TPSA) is 82.1 Å². The van der Waals surface area contributed by atoms with Crippen LogP contribution in [-0.2, 0) is 23.1 Å². The molecule has 0 spiro atoms. The van der Waals surface area contributed by atoms with Crippen LogP contribution in [0.3, 0.4) is 0 Å². The van der Waals surface area contributed by atoms with Crippen LogP contribution < -0.4 is 0 Å². The lowest BCUT2D eigenvalue weighted by atomic mass is 10.4. The van der Waals surface area contributed by atoms with E-state index in [0.29, 0.717) is 5.33 Å². The Balaban J connectivity index is 4.12. The smallest absolute Gasteiger partial charge is 0.432 e. The minimum absolute atomic E-state index is 0.00886. The zero-order valence-corrected chi connectivity index (χ0v) is 11.5. The molecule has 8 heteroatoms. The van der Waals surface area contributed by atoms with Gasteiger partial charge in [-0.1, -0.05) is 22.5 Å². The number of hydrogen-bond donors (Lipinski definition) is 1. The van der Waals surface area contributed by atoms with Crippen LogP contribution in [0.2, 0.25) is 0 Å². The van der Waals surface area contributed by atoms with Crippen molar-refractivity contribution in [3.05, 3.63) is 12.2 Å². The molecule has 0 heterocycles. The van der Waals surface area contributed by atoms with Gasteiger partial charge in [-0.2, -0.15) is 0 Å². The number of ether oxygens (including phenoxy) is 1. The van der Waals surface area contributed by atoms with E-state index in [-0.39, 0.29) is 12.2 Å². The molecule has 2 unspecified atom stereocenters. The van der Waals surface area contributed by atoms with Gasteiger partial charge in [0, 0.05) is 10.9 Å². The normalized spacial score (nSPS) is 16.2. The molecular weight excluding hydrogens is 303 g/mol. The summed E-state index contributed by atoms with van der Waals surface area (Å²) in [6.07, 6.45) is -1.18. The Hall–Kier alpha value is -0.200. The maximum absolute atomic E-state index is 11.2. The van der Waals surface area contributed by atoms with Crippen molar-refractivity contribution in [2.45, 2.75) is 20.1 Å². The molecular formula is C8H14BrO6P. The molecule has 1 N–H and O–H groups in total. The molecule has 0 aromatic heterocycles. The third-order valence-electron chi connectivity index (χ3n) is 1.23. The predicted molar refractivity (Wildman–Crippen MR) is 61.0 cm³/mol. The number of phosphoric acid groups is 1. The van der Waals surface area contributed by atoms with Crippen LogP contribution in [-0.4, -0.2) is 29.1 Å². The van der Waals surface area contributed by atoms with Crippen molar-refractivity contribution in [3.63, 3.8) is 0 Å². The number of carbonyl (C=O) groups excluding carboxylic acids is 1. The van der Waals surface area contributed by atoms with Crippen LogP contribution in [0.1, 0.15) is 13.8 Å². The monoisotopic (exact) mass is 316 g/mol. The van der Waals surface area contributed by atoms with Gasteiger partial charge in [0.25, 0.3) is 0 Å². The summed E-state index contributed by atoms with van der Waals surface area (Å²) in [4.78, 5) is 20.2. The second-order valence-corrected chi connectivity index (χ2v) is 5.05. The highest BCUT2D eigenvalue weighted by molar-refractivity contribution is 9.09. The van der Waals surface area contributed by atoms with E-state index < -0.39 is 20.1 Å². The van der Waals surface area contributed by atoms with E-state index >= 15 is 0 Å². The fraction of sp³-hybridized carbons (Fsp3) is 0.625. The molecule has 94 valence electrons. The average Bonchev–Trinajstić information content (AvgIpc) is 2.13. The lowest BCUT2D eigenvalue weighted by molar-refractivity contribution is -0.158. The Morgan fingerprint density at radius 2 is 2.19 bits per heavy atom. The van der Waals surface area contributed by atoms with Gasteiger partial charge in [-0.25, -0.2) is 13.9 Å². The summed E-state index contributed by atoms with van der Waals surface area (Å²) in [5.41, 5.74) is 0.171. The highest BCUT2D eigenvalue weighted by Gasteiger charge is 2.26. The first-order valence-corrected chi connectivity index (χ1v) is 6.98. The molecule has 2 atom stereocenters. The van der Waals surface area contributed by atoms with Crippen molar-refractivity contribution in [1.29, 1.82) is 0 Å². The van der Waals surface area contributed by atoms with Gasteiger partial charge in [-0.3, -0.25) is 4.52 Å². The first kappa shape index (κ1) is 15.8. The molecule has 0 fully saturated rings. The Bertz CT molecular complexity index is 305. The molecule has 16 heavy (non-hydrogen) atoms. The molecule has 0 rings (SSSR count). The Kier molecular flexibility index (Phi) is 7.10. The van der Waals surface area contributed by atoms with Crippen molar-refractivity contribution in [3.8, 4) is 0 Å². The molecule has 0 aliphatic rings. The zero-order chi connectivity index (χ0) is 12.8. The van der Waals surface area contributed by atoms with E-state index in [1.807, 2.05) is 0 Å². The summed E-state index contributed by atoms with van der Waals surface area (Å²) >= 11 is 3.02. The summed E-state index contributed by atoms with van der Waals surface area (Å²) in [6, 6.07) is 0. The van der Waals surface area contributed by atoms with E-state index in [1.165, 1.54) is 13.8 Å². The Labute approximate surface area is 102 Å². The third kappa shape index (κ3) is 7.14. The Morgan fingerprint density at radius 1 is 1.62 bits per heavy atom. The van der Waals surface area contributed by atoms with Gasteiger partial charge in [0.15, 0.2) is 0 Å². The standard InChI is InChI=1S/C8H14BrO6P/c1-6(2)8(10)14-7(3)15-16(11,12)13-5-4-9/h7H,1,4-5H2,2-3H3,(H,11,12). The summed E-state index contributed by atoms with van der Waals surface area (Å²) in [5, 5.41) is 0.390. The van der Waals surface area contributed by atoms with Gasteiger partial charge in [0.2, 0.25) is 6.29 Å². The van der Waals surface area contributed by atoms with Crippen molar-refractivity contribution in [2.75, 3.05) is 11.9 Å². The molecule has 0 aliphatic carbocycles. The van der Waals surface area contributed by atoms with Gasteiger partial charge >= 0.3 is 13.8 Å². The Morgan fingerprint density at radius 3 is 2.62 bits per heavy atom. The number of esters is 1. The number of alkyl halides is 1. The highest BCUT2D eigenvalue weighted by atomic mass is 79.9. The fourth-order valence-electron chi connectivity index (χ4n) is 0.641. The van der Waals surface area contributed by atoms with E-state index in [1.54, 1.807) is 0 Å². The van der Waals surface area contributed by atoms with E-state index in [4.69, 9.17) is 4.89 Å². The van der Waals surface area contributed by atoms with Crippen LogP contribution >= 0.6 is 23.8 Å². The lowest BCUT2D eigenvalue weighted by Gasteiger charge is -2.17. The summed E-state index contributed by atoms with van der Waals surface area (Å²) < 4.78 is 24.9. The number of carbonyl (C=O) groups is 1. The number of halogens is 1. The van der Waals surface area contributed by atoms with Gasteiger partial charge in [0.1, 0.15) is 0 Å². The second kappa shape index (κ2) is 7.19. The molecule has 0 aliphatic heterocycles. The zero-order valence-electron chi connectivity index (χ0n) is 9.01. The number of phosphoric ester groups is 1. The third-order valence-corrected chi connectivity index (χ3v) is 2.63. The van der Waals surface area contributed by atoms with E-state index in [0.717, 1.165) is 0 Å². The molecule has 0 aromatic rings. The second-order valence-electron chi connectivity index (χ2n) is 2.85. The molecule has 0 saturated heterocycles. The van der Waals surface area contributed by atoms with Gasteiger partial charge in [-0.05, 0) is 13.8 Å². The molecule has 0 aromatic carbocycles. The van der Waals surface area contributed by atoms with Crippen LogP contribution in [0, 0.1) is 0 Å². The minimum atomic E-state index is -4.19. The van der Waals surface area contributed by atoms with Gasteiger partial charge in [0.05, 0.1) is 6.61 Å². The van der Waals surface area contributed by atoms with Crippen molar-refractivity contribution >= 4 is 29.7 Å². The fourth-order valence-corrected chi connectivity index (χ4v) is 1.85. The van der Waals surface area contributed by atoms with Crippen molar-refractivity contribution in [2.24, 2.45) is 0 Å². The first-order chi connectivity index (χ1) is 7.28. The van der Waals surface area contributed by atoms with Crippen LogP contribution in [0.4, 0.5) is 0 Å². The maximum atomic E-state index is 11.2. The van der Waals surface area contributed by atoms with Crippen LogP contribution in [0.25, 0.3) is 0 Å². The average molecular weight is 317 g/mol. The van der Waals surface area contributed by atoms with Crippen LogP contribution in [0.15, 0.2) is 12.2 Å². The van der Waals surface area contributed by atoms with Gasteiger partial charge < -0.3 is 9.63 Å². The number of hydrogen-bond acceptors (Lipinski definition) is 5. The minimum Gasteiger partial charge on any atom is -0.432 e. The summed E-state index contributed by atoms with van der Waals surface area (Å²) in [5.74, 6) is -0.701. The molecule has 0 radical (unpaired) electrons. The quantitative estimate of drug-likeness (QED) is 0.254. The summed E-state index contributed by atoms with van der Waals surface area (Å²) in [7, 11) is -4.19. The molecule has 6 nitrogen and oxygen atoms in total. The lowest BCUT2D eigenvalue weighted by Crippen LogP contribution is -2.18.